The van der Waals surface area contributed by atoms with Crippen molar-refractivity contribution in [3.05, 3.63) is 12.2 Å². The summed E-state index contributed by atoms with van der Waals surface area (Å²) in [6, 6.07) is 0. The van der Waals surface area contributed by atoms with Gasteiger partial charge >= 0.3 is 0 Å². The molecule has 0 amide bonds. The number of nitrogens with one attached hydrogen (secondary N) is 1. The second kappa shape index (κ2) is 8.95. The third-order valence-corrected chi connectivity index (χ3v) is 0.989. The quantitative estimate of drug-likeness (QED) is 0.409. The van der Waals surface area contributed by atoms with Crippen molar-refractivity contribution >= 4 is 0 Å². The normalized spacial score (nSPS) is 10.4. The van der Waals surface area contributed by atoms with Gasteiger partial charge in [0.05, 0.1) is 20.6 Å². The zero-order valence-electron chi connectivity index (χ0n) is 6.60. The summed E-state index contributed by atoms with van der Waals surface area (Å²) in [6.45, 7) is 1.30. The van der Waals surface area contributed by atoms with Gasteiger partial charge in [0.1, 0.15) is 0 Å². The summed E-state index contributed by atoms with van der Waals surface area (Å²) in [5, 5.41) is 8.37. The molecule has 0 aliphatic rings. The summed E-state index contributed by atoms with van der Waals surface area (Å²) in [7, 11) is 4.20. The van der Waals surface area contributed by atoms with Crippen LogP contribution >= 0.6 is 0 Å². The zero-order valence-corrected chi connectivity index (χ0v) is 7.36. The predicted molar refractivity (Wildman–Crippen MR) is 38.5 cm³/mol. The van der Waals surface area contributed by atoms with Gasteiger partial charge in [-0.3, -0.25) is 0 Å². The maximum absolute atomic E-state index is 8.37. The second-order valence-corrected chi connectivity index (χ2v) is 2.39. The summed E-state index contributed by atoms with van der Waals surface area (Å²) >= 11 is 0. The van der Waals surface area contributed by atoms with Crippen LogP contribution in [0.25, 0.3) is 0 Å². The maximum Gasteiger partial charge on any atom is 0.0953 e. The Balaban J connectivity index is 0. The molecule has 2 nitrogen and oxygen atoms in total. The van der Waals surface area contributed by atoms with E-state index in [9.17, 15) is 0 Å². The standard InChI is InChI=1S/C7H15NO.ClH/c1-8(2)6-4-3-5-7-9;/h3-4,9H,5-7H2,1-2H3;1H. The van der Waals surface area contributed by atoms with Gasteiger partial charge in [0, 0.05) is 6.61 Å². The Morgan fingerprint density at radius 3 is 2.30 bits per heavy atom. The van der Waals surface area contributed by atoms with Crippen LogP contribution in [0.5, 0.6) is 0 Å². The fourth-order valence-corrected chi connectivity index (χ4v) is 0.511. The average molecular weight is 166 g/mol. The summed E-state index contributed by atoms with van der Waals surface area (Å²) in [5.41, 5.74) is 0. The van der Waals surface area contributed by atoms with E-state index in [0.29, 0.717) is 0 Å². The van der Waals surface area contributed by atoms with Gasteiger partial charge in [-0.2, -0.15) is 0 Å². The molecular formula is C7H16ClNO. The third kappa shape index (κ3) is 10.8. The van der Waals surface area contributed by atoms with Gasteiger partial charge < -0.3 is 22.4 Å². The molecule has 3 heteroatoms. The number of hydrogen-bond acceptors (Lipinski definition) is 1. The van der Waals surface area contributed by atoms with Crippen molar-refractivity contribution in [2.24, 2.45) is 0 Å². The van der Waals surface area contributed by atoms with Crippen LogP contribution in [0.4, 0.5) is 0 Å². The monoisotopic (exact) mass is 165 g/mol. The van der Waals surface area contributed by atoms with Crippen LogP contribution in [0.3, 0.4) is 0 Å². The lowest BCUT2D eigenvalue weighted by molar-refractivity contribution is -0.851. The Labute approximate surface area is 68.9 Å². The van der Waals surface area contributed by atoms with Gasteiger partial charge in [-0.1, -0.05) is 6.08 Å². The zero-order chi connectivity index (χ0) is 7.11. The summed E-state index contributed by atoms with van der Waals surface area (Å²) < 4.78 is 0. The fourth-order valence-electron chi connectivity index (χ4n) is 0.511. The van der Waals surface area contributed by atoms with E-state index >= 15 is 0 Å². The molecule has 0 fully saturated rings. The Hall–Kier alpha value is -0.0500. The molecule has 0 heterocycles. The molecule has 0 radical (unpaired) electrons. The van der Waals surface area contributed by atoms with Crippen LogP contribution in [-0.4, -0.2) is 32.4 Å². The van der Waals surface area contributed by atoms with E-state index in [2.05, 4.69) is 20.2 Å². The van der Waals surface area contributed by atoms with Gasteiger partial charge in [-0.15, -0.1) is 0 Å². The Morgan fingerprint density at radius 1 is 1.30 bits per heavy atom. The van der Waals surface area contributed by atoms with E-state index in [4.69, 9.17) is 5.11 Å². The SMILES string of the molecule is C[NH+](C)CC=CCCO.[Cl-]. The number of hydrogen-bond donors (Lipinski definition) is 2. The molecule has 0 unspecified atom stereocenters. The number of quaternary nitrogens is 1. The Kier molecular flexibility index (Phi) is 11.3. The van der Waals surface area contributed by atoms with E-state index in [1.165, 1.54) is 4.90 Å². The lowest BCUT2D eigenvalue weighted by Crippen LogP contribution is -3.05. The molecule has 0 saturated heterocycles. The molecule has 62 valence electrons. The van der Waals surface area contributed by atoms with Crippen molar-refractivity contribution in [1.29, 1.82) is 0 Å². The molecule has 0 saturated carbocycles. The van der Waals surface area contributed by atoms with Crippen molar-refractivity contribution < 1.29 is 22.4 Å². The van der Waals surface area contributed by atoms with Gasteiger partial charge in [0.25, 0.3) is 0 Å². The van der Waals surface area contributed by atoms with Crippen LogP contribution in [0.2, 0.25) is 0 Å². The minimum absolute atomic E-state index is 0. The predicted octanol–water partition coefficient (Wildman–Crippen LogP) is -3.93. The first-order chi connectivity index (χ1) is 4.27. The Bertz CT molecular complexity index is 83.7. The van der Waals surface area contributed by atoms with E-state index < -0.39 is 0 Å². The summed E-state index contributed by atoms with van der Waals surface area (Å²) in [5.74, 6) is 0. The first kappa shape index (κ1) is 12.6. The number of likely N-dealkylation sites (N-methyl/N-ethyl adjacent to an activating group) is 1. The lowest BCUT2D eigenvalue weighted by Gasteiger charge is -2.00. The molecule has 10 heavy (non-hydrogen) atoms. The molecule has 0 rings (SSSR count). The number of aliphatic hydroxyl groups is 1. The number of aliphatic hydroxyl groups excluding tert-OH is 1. The van der Waals surface area contributed by atoms with Crippen molar-refractivity contribution in [2.75, 3.05) is 27.2 Å². The van der Waals surface area contributed by atoms with Crippen molar-refractivity contribution in [3.63, 3.8) is 0 Å². The topological polar surface area (TPSA) is 24.7 Å². The van der Waals surface area contributed by atoms with Crippen LogP contribution in [0.15, 0.2) is 12.2 Å². The molecule has 0 spiro atoms. The first-order valence-electron chi connectivity index (χ1n) is 3.32. The van der Waals surface area contributed by atoms with E-state index in [1.54, 1.807) is 0 Å². The maximum atomic E-state index is 8.37. The third-order valence-electron chi connectivity index (χ3n) is 0.989. The van der Waals surface area contributed by atoms with Crippen molar-refractivity contribution in [2.45, 2.75) is 6.42 Å². The van der Waals surface area contributed by atoms with Gasteiger partial charge in [-0.25, -0.2) is 0 Å². The summed E-state index contributed by atoms with van der Waals surface area (Å²) in [4.78, 5) is 1.41. The number of halogens is 1. The first-order valence-corrected chi connectivity index (χ1v) is 3.32. The molecule has 0 aromatic carbocycles. The second-order valence-electron chi connectivity index (χ2n) is 2.39. The van der Waals surface area contributed by atoms with Gasteiger partial charge in [0.15, 0.2) is 0 Å². The highest BCUT2D eigenvalue weighted by molar-refractivity contribution is 4.79. The molecule has 0 aromatic heterocycles. The average Bonchev–Trinajstić information content (AvgIpc) is 1.80. The molecule has 0 aliphatic heterocycles. The van der Waals surface area contributed by atoms with Crippen LogP contribution in [-0.2, 0) is 0 Å². The summed E-state index contributed by atoms with van der Waals surface area (Å²) in [6.07, 6.45) is 4.88. The lowest BCUT2D eigenvalue weighted by atomic mass is 10.4. The van der Waals surface area contributed by atoms with Crippen LogP contribution in [0, 0.1) is 0 Å². The van der Waals surface area contributed by atoms with Crippen molar-refractivity contribution in [1.82, 2.24) is 0 Å². The highest BCUT2D eigenvalue weighted by Crippen LogP contribution is 1.76. The van der Waals surface area contributed by atoms with E-state index in [-0.39, 0.29) is 19.0 Å². The van der Waals surface area contributed by atoms with Crippen LogP contribution < -0.4 is 17.3 Å². The highest BCUT2D eigenvalue weighted by atomic mass is 35.5. The molecule has 0 bridgehead atoms. The minimum Gasteiger partial charge on any atom is -1.00 e. The van der Waals surface area contributed by atoms with E-state index in [0.717, 1.165) is 13.0 Å². The van der Waals surface area contributed by atoms with Crippen molar-refractivity contribution in [3.8, 4) is 0 Å². The fraction of sp³-hybridized carbons (Fsp3) is 0.714. The smallest absolute Gasteiger partial charge is 0.0953 e. The van der Waals surface area contributed by atoms with Crippen LogP contribution in [0.1, 0.15) is 6.42 Å². The number of rotatable bonds is 4. The van der Waals surface area contributed by atoms with Gasteiger partial charge in [-0.05, 0) is 12.5 Å². The molecule has 0 atom stereocenters. The largest absolute Gasteiger partial charge is 1.00 e. The minimum atomic E-state index is 0. The highest BCUT2D eigenvalue weighted by Gasteiger charge is 1.83. The molecular weight excluding hydrogens is 150 g/mol. The molecule has 0 aliphatic carbocycles. The molecule has 2 N–H and O–H groups in total. The Morgan fingerprint density at radius 2 is 1.90 bits per heavy atom. The molecule has 0 aromatic rings. The van der Waals surface area contributed by atoms with E-state index in [1.807, 2.05) is 6.08 Å². The van der Waals surface area contributed by atoms with Gasteiger partial charge in [0.2, 0.25) is 0 Å².